The Morgan fingerprint density at radius 3 is 2.04 bits per heavy atom. The molecule has 0 fully saturated rings. The Labute approximate surface area is 143 Å². The molecule has 5 heteroatoms. The van der Waals surface area contributed by atoms with Gasteiger partial charge in [-0.3, -0.25) is 0 Å². The number of hydrogen-bond acceptors (Lipinski definition) is 3. The molecule has 0 spiro atoms. The molecular formula is C20H14FNO3. The lowest BCUT2D eigenvalue weighted by Crippen LogP contribution is -2.14. The van der Waals surface area contributed by atoms with Crippen molar-refractivity contribution in [3.8, 4) is 11.5 Å². The molecule has 0 aliphatic rings. The molecule has 3 rings (SSSR count). The molecule has 3 aromatic rings. The van der Waals surface area contributed by atoms with E-state index in [9.17, 15) is 14.3 Å². The monoisotopic (exact) mass is 335 g/mol. The highest BCUT2D eigenvalue weighted by molar-refractivity contribution is 6.43. The second kappa shape index (κ2) is 7.40. The molecule has 0 bridgehead atoms. The molecule has 0 amide bonds. The van der Waals surface area contributed by atoms with Gasteiger partial charge in [0.05, 0.1) is 5.69 Å². The number of halogens is 1. The Bertz CT molecular complexity index is 888. The van der Waals surface area contributed by atoms with Crippen molar-refractivity contribution < 1.29 is 19.0 Å². The molecule has 3 aromatic carbocycles. The van der Waals surface area contributed by atoms with Crippen LogP contribution in [0, 0.1) is 5.82 Å². The first kappa shape index (κ1) is 16.4. The first-order chi connectivity index (χ1) is 12.1. The van der Waals surface area contributed by atoms with E-state index >= 15 is 0 Å². The van der Waals surface area contributed by atoms with Crippen LogP contribution in [0.15, 0.2) is 83.9 Å². The van der Waals surface area contributed by atoms with Gasteiger partial charge in [0.15, 0.2) is 5.71 Å². The summed E-state index contributed by atoms with van der Waals surface area (Å²) in [7, 11) is 0. The maximum absolute atomic E-state index is 13.0. The number of rotatable bonds is 5. The highest BCUT2D eigenvalue weighted by atomic mass is 19.1. The molecule has 0 radical (unpaired) electrons. The largest absolute Gasteiger partial charge is 0.476 e. The molecule has 4 nitrogen and oxygen atoms in total. The van der Waals surface area contributed by atoms with Gasteiger partial charge in [0.2, 0.25) is 0 Å². The summed E-state index contributed by atoms with van der Waals surface area (Å²) in [6.45, 7) is 0. The van der Waals surface area contributed by atoms with Gasteiger partial charge >= 0.3 is 5.97 Å². The highest BCUT2D eigenvalue weighted by Crippen LogP contribution is 2.24. The average molecular weight is 335 g/mol. The van der Waals surface area contributed by atoms with E-state index in [0.29, 0.717) is 22.7 Å². The third kappa shape index (κ3) is 4.29. The fourth-order valence-electron chi connectivity index (χ4n) is 2.19. The standard InChI is InChI=1S/C20H14FNO3/c21-15-8-6-14(7-9-15)19(20(23)24)22-16-10-12-18(13-11-16)25-17-4-2-1-3-5-17/h1-13H,(H,23,24). The molecule has 0 unspecified atom stereocenters. The molecule has 0 saturated carbocycles. The quantitative estimate of drug-likeness (QED) is 0.680. The topological polar surface area (TPSA) is 58.9 Å². The van der Waals surface area contributed by atoms with E-state index in [0.717, 1.165) is 0 Å². The van der Waals surface area contributed by atoms with Crippen LogP contribution in [0.1, 0.15) is 5.56 Å². The van der Waals surface area contributed by atoms with Gasteiger partial charge in [-0.25, -0.2) is 14.2 Å². The number of carbonyl (C=O) groups is 1. The second-order valence-corrected chi connectivity index (χ2v) is 5.18. The summed E-state index contributed by atoms with van der Waals surface area (Å²) in [6, 6.07) is 21.2. The lowest BCUT2D eigenvalue weighted by atomic mass is 10.1. The van der Waals surface area contributed by atoms with Crippen LogP contribution in [-0.4, -0.2) is 16.8 Å². The first-order valence-electron chi connectivity index (χ1n) is 7.53. The maximum Gasteiger partial charge on any atom is 0.355 e. The van der Waals surface area contributed by atoms with Crippen LogP contribution < -0.4 is 4.74 Å². The number of para-hydroxylation sites is 1. The molecule has 25 heavy (non-hydrogen) atoms. The molecule has 0 saturated heterocycles. The Morgan fingerprint density at radius 2 is 1.44 bits per heavy atom. The van der Waals surface area contributed by atoms with Crippen LogP contribution in [0.3, 0.4) is 0 Å². The van der Waals surface area contributed by atoms with Crippen molar-refractivity contribution >= 4 is 17.4 Å². The molecule has 0 heterocycles. The highest BCUT2D eigenvalue weighted by Gasteiger charge is 2.12. The van der Waals surface area contributed by atoms with Gasteiger partial charge < -0.3 is 9.84 Å². The fraction of sp³-hybridized carbons (Fsp3) is 0. The lowest BCUT2D eigenvalue weighted by molar-refractivity contribution is -0.129. The molecule has 0 aromatic heterocycles. The smallest absolute Gasteiger partial charge is 0.355 e. The number of carboxylic acid groups (broad SMARTS) is 1. The van der Waals surface area contributed by atoms with E-state index in [1.807, 2.05) is 30.3 Å². The van der Waals surface area contributed by atoms with Crippen molar-refractivity contribution in [2.45, 2.75) is 0 Å². The van der Waals surface area contributed by atoms with E-state index < -0.39 is 11.8 Å². The average Bonchev–Trinajstić information content (AvgIpc) is 2.63. The van der Waals surface area contributed by atoms with E-state index in [1.54, 1.807) is 24.3 Å². The summed E-state index contributed by atoms with van der Waals surface area (Å²) in [4.78, 5) is 15.6. The third-order valence-corrected chi connectivity index (χ3v) is 3.38. The van der Waals surface area contributed by atoms with E-state index in [2.05, 4.69) is 4.99 Å². The van der Waals surface area contributed by atoms with Gasteiger partial charge in [-0.05, 0) is 60.7 Å². The van der Waals surface area contributed by atoms with Crippen molar-refractivity contribution in [2.75, 3.05) is 0 Å². The van der Waals surface area contributed by atoms with Crippen LogP contribution in [0.2, 0.25) is 0 Å². The van der Waals surface area contributed by atoms with Crippen LogP contribution in [0.4, 0.5) is 10.1 Å². The van der Waals surface area contributed by atoms with Gasteiger partial charge in [-0.2, -0.15) is 0 Å². The summed E-state index contributed by atoms with van der Waals surface area (Å²) in [5, 5.41) is 9.36. The minimum Gasteiger partial charge on any atom is -0.476 e. The minimum absolute atomic E-state index is 0.156. The Morgan fingerprint density at radius 1 is 0.840 bits per heavy atom. The number of benzene rings is 3. The summed E-state index contributed by atoms with van der Waals surface area (Å²) >= 11 is 0. The van der Waals surface area contributed by atoms with Gasteiger partial charge in [0.25, 0.3) is 0 Å². The van der Waals surface area contributed by atoms with Crippen molar-refractivity contribution in [3.05, 3.63) is 90.2 Å². The predicted molar refractivity (Wildman–Crippen MR) is 93.2 cm³/mol. The van der Waals surface area contributed by atoms with Crippen LogP contribution in [0.25, 0.3) is 0 Å². The molecule has 0 aliphatic carbocycles. The number of ether oxygens (including phenoxy) is 1. The molecule has 124 valence electrons. The zero-order valence-electron chi connectivity index (χ0n) is 13.1. The van der Waals surface area contributed by atoms with Crippen LogP contribution >= 0.6 is 0 Å². The predicted octanol–water partition coefficient (Wildman–Crippen LogP) is 4.82. The van der Waals surface area contributed by atoms with E-state index in [4.69, 9.17) is 4.74 Å². The number of aliphatic carboxylic acids is 1. The van der Waals surface area contributed by atoms with E-state index in [1.165, 1.54) is 24.3 Å². The first-order valence-corrected chi connectivity index (χ1v) is 7.53. The SMILES string of the molecule is O=C(O)C(=Nc1ccc(Oc2ccccc2)cc1)c1ccc(F)cc1. The Kier molecular flexibility index (Phi) is 4.85. The van der Waals surface area contributed by atoms with Crippen molar-refractivity contribution in [2.24, 2.45) is 4.99 Å². The van der Waals surface area contributed by atoms with E-state index in [-0.39, 0.29) is 5.71 Å². The summed E-state index contributed by atoms with van der Waals surface area (Å²) in [5.74, 6) is -0.299. The summed E-state index contributed by atoms with van der Waals surface area (Å²) < 4.78 is 18.7. The fourth-order valence-corrected chi connectivity index (χ4v) is 2.19. The van der Waals surface area contributed by atoms with Crippen molar-refractivity contribution in [1.29, 1.82) is 0 Å². The van der Waals surface area contributed by atoms with Gasteiger partial charge in [0.1, 0.15) is 17.3 Å². The molecule has 0 atom stereocenters. The minimum atomic E-state index is -1.18. The van der Waals surface area contributed by atoms with Crippen molar-refractivity contribution in [1.82, 2.24) is 0 Å². The summed E-state index contributed by atoms with van der Waals surface area (Å²) in [6.07, 6.45) is 0. The molecule has 0 aliphatic heterocycles. The molecule has 1 N–H and O–H groups in total. The second-order valence-electron chi connectivity index (χ2n) is 5.18. The van der Waals surface area contributed by atoms with Gasteiger partial charge in [0, 0.05) is 5.56 Å². The van der Waals surface area contributed by atoms with Crippen LogP contribution in [-0.2, 0) is 4.79 Å². The zero-order chi connectivity index (χ0) is 17.6. The third-order valence-electron chi connectivity index (χ3n) is 3.38. The Hall–Kier alpha value is -3.47. The van der Waals surface area contributed by atoms with Gasteiger partial charge in [-0.1, -0.05) is 18.2 Å². The lowest BCUT2D eigenvalue weighted by Gasteiger charge is -2.06. The zero-order valence-corrected chi connectivity index (χ0v) is 13.1. The Balaban J connectivity index is 1.83. The summed E-state index contributed by atoms with van der Waals surface area (Å²) in [5.41, 5.74) is 0.636. The van der Waals surface area contributed by atoms with Gasteiger partial charge in [-0.15, -0.1) is 0 Å². The number of hydrogen-bond donors (Lipinski definition) is 1. The normalized spacial score (nSPS) is 11.2. The van der Waals surface area contributed by atoms with Crippen LogP contribution in [0.5, 0.6) is 11.5 Å². The number of carboxylic acids is 1. The molecular weight excluding hydrogens is 321 g/mol. The number of aliphatic imine (C=N–C) groups is 1. The van der Waals surface area contributed by atoms with Crippen molar-refractivity contribution in [3.63, 3.8) is 0 Å². The number of nitrogens with zero attached hydrogens (tertiary/aromatic N) is 1. The maximum atomic E-state index is 13.0.